The largest absolute Gasteiger partial charge is 0.354 e. The third kappa shape index (κ3) is 3.62. The fourth-order valence-electron chi connectivity index (χ4n) is 4.36. The minimum atomic E-state index is 0.0350. The van der Waals surface area contributed by atoms with Crippen molar-refractivity contribution in [2.75, 3.05) is 13.1 Å². The highest BCUT2D eigenvalue weighted by molar-refractivity contribution is 6.42. The van der Waals surface area contributed by atoms with E-state index in [1.54, 1.807) is 12.1 Å². The minimum absolute atomic E-state index is 0.0350. The molecule has 2 saturated heterocycles. The first-order valence-corrected chi connectivity index (χ1v) is 9.79. The summed E-state index contributed by atoms with van der Waals surface area (Å²) >= 11 is 12.0. The molecule has 5 heteroatoms. The Morgan fingerprint density at radius 2 is 1.85 bits per heavy atom. The maximum absolute atomic E-state index is 12.4. The fraction of sp³-hybridized carbons (Fsp3) is 0.381. The molecule has 0 spiro atoms. The first kappa shape index (κ1) is 17.8. The quantitative estimate of drug-likeness (QED) is 0.798. The zero-order chi connectivity index (χ0) is 18.1. The first-order chi connectivity index (χ1) is 12.5. The summed E-state index contributed by atoms with van der Waals surface area (Å²) in [4.78, 5) is 14.9. The van der Waals surface area contributed by atoms with Gasteiger partial charge in [-0.2, -0.15) is 0 Å². The fourth-order valence-corrected chi connectivity index (χ4v) is 4.68. The van der Waals surface area contributed by atoms with E-state index in [0.29, 0.717) is 16.5 Å². The Kier molecular flexibility index (Phi) is 4.96. The van der Waals surface area contributed by atoms with Gasteiger partial charge in [0.25, 0.3) is 0 Å². The van der Waals surface area contributed by atoms with Crippen molar-refractivity contribution in [2.24, 2.45) is 5.92 Å². The van der Waals surface area contributed by atoms with Gasteiger partial charge in [-0.1, -0.05) is 59.6 Å². The molecule has 1 saturated carbocycles. The van der Waals surface area contributed by atoms with Gasteiger partial charge in [-0.3, -0.25) is 9.69 Å². The summed E-state index contributed by atoms with van der Waals surface area (Å²) < 4.78 is 0. The molecule has 2 aromatic carbocycles. The summed E-state index contributed by atoms with van der Waals surface area (Å²) in [6, 6.07) is 15.9. The number of carbonyl (C=O) groups is 1. The molecule has 1 aliphatic carbocycles. The van der Waals surface area contributed by atoms with E-state index in [9.17, 15) is 4.79 Å². The summed E-state index contributed by atoms with van der Waals surface area (Å²) in [6.45, 7) is 2.81. The lowest BCUT2D eigenvalue weighted by Gasteiger charge is -2.42. The number of hydrogen-bond donors (Lipinski definition) is 1. The van der Waals surface area contributed by atoms with Gasteiger partial charge in [0.05, 0.1) is 16.5 Å². The van der Waals surface area contributed by atoms with E-state index in [4.69, 9.17) is 23.2 Å². The average Bonchev–Trinajstić information content (AvgIpc) is 3.11. The van der Waals surface area contributed by atoms with Crippen molar-refractivity contribution in [1.29, 1.82) is 0 Å². The van der Waals surface area contributed by atoms with Crippen LogP contribution in [0.2, 0.25) is 10.0 Å². The van der Waals surface area contributed by atoms with Crippen LogP contribution in [0.4, 0.5) is 0 Å². The third-order valence-electron chi connectivity index (χ3n) is 5.67. The number of nitrogens with one attached hydrogen (secondary N) is 1. The SMILES string of the molecule is O=C(Cc1ccc(Cl)c(Cl)c1)NCC12CC(CN1Cc1ccccc1)C2. The van der Waals surface area contributed by atoms with Crippen LogP contribution in [0.5, 0.6) is 0 Å². The molecule has 0 unspecified atom stereocenters. The maximum Gasteiger partial charge on any atom is 0.224 e. The summed E-state index contributed by atoms with van der Waals surface area (Å²) in [5.41, 5.74) is 2.35. The van der Waals surface area contributed by atoms with E-state index < -0.39 is 0 Å². The molecule has 0 radical (unpaired) electrons. The minimum Gasteiger partial charge on any atom is -0.354 e. The molecule has 1 amide bonds. The van der Waals surface area contributed by atoms with E-state index in [2.05, 4.69) is 34.5 Å². The molecule has 2 heterocycles. The van der Waals surface area contributed by atoms with Crippen molar-refractivity contribution in [1.82, 2.24) is 10.2 Å². The highest BCUT2D eigenvalue weighted by Gasteiger charge is 2.55. The third-order valence-corrected chi connectivity index (χ3v) is 6.41. The number of hydrogen-bond acceptors (Lipinski definition) is 2. The lowest BCUT2D eigenvalue weighted by Crippen LogP contribution is -2.54. The molecule has 0 aromatic heterocycles. The normalized spacial score (nSPS) is 24.3. The second-order valence-corrected chi connectivity index (χ2v) is 8.38. The lowest BCUT2D eigenvalue weighted by molar-refractivity contribution is -0.121. The molecule has 1 N–H and O–H groups in total. The van der Waals surface area contributed by atoms with E-state index in [1.807, 2.05) is 12.1 Å². The highest BCUT2D eigenvalue weighted by atomic mass is 35.5. The molecule has 2 aromatic rings. The van der Waals surface area contributed by atoms with E-state index in [1.165, 1.54) is 18.4 Å². The number of benzene rings is 2. The number of carbonyl (C=O) groups excluding carboxylic acids is 1. The maximum atomic E-state index is 12.4. The van der Waals surface area contributed by atoms with Crippen LogP contribution in [-0.4, -0.2) is 29.4 Å². The Labute approximate surface area is 164 Å². The summed E-state index contributed by atoms with van der Waals surface area (Å²) in [6.07, 6.45) is 2.70. The van der Waals surface area contributed by atoms with Crippen LogP contribution in [0.3, 0.4) is 0 Å². The molecule has 3 aliphatic rings. The molecule has 5 rings (SSSR count). The van der Waals surface area contributed by atoms with E-state index in [-0.39, 0.29) is 11.4 Å². The molecule has 3 fully saturated rings. The van der Waals surface area contributed by atoms with Crippen LogP contribution >= 0.6 is 23.2 Å². The van der Waals surface area contributed by atoms with Gasteiger partial charge in [-0.15, -0.1) is 0 Å². The Morgan fingerprint density at radius 3 is 2.58 bits per heavy atom. The predicted octanol–water partition coefficient (Wildman–Crippen LogP) is 4.32. The molecule has 2 aliphatic heterocycles. The van der Waals surface area contributed by atoms with Gasteiger partial charge in [0, 0.05) is 25.2 Å². The first-order valence-electron chi connectivity index (χ1n) is 9.04. The second-order valence-electron chi connectivity index (χ2n) is 7.57. The van der Waals surface area contributed by atoms with Gasteiger partial charge >= 0.3 is 0 Å². The van der Waals surface area contributed by atoms with Crippen molar-refractivity contribution < 1.29 is 4.79 Å². The zero-order valence-corrected chi connectivity index (χ0v) is 16.1. The number of rotatable bonds is 6. The van der Waals surface area contributed by atoms with Gasteiger partial charge in [-0.25, -0.2) is 0 Å². The highest BCUT2D eigenvalue weighted by Crippen LogP contribution is 2.50. The van der Waals surface area contributed by atoms with Crippen molar-refractivity contribution in [3.05, 3.63) is 69.7 Å². The number of nitrogens with zero attached hydrogens (tertiary/aromatic N) is 1. The van der Waals surface area contributed by atoms with Crippen LogP contribution in [0.25, 0.3) is 0 Å². The van der Waals surface area contributed by atoms with E-state index in [0.717, 1.165) is 31.1 Å². The molecule has 136 valence electrons. The Hall–Kier alpha value is -1.55. The standard InChI is InChI=1S/C21H22Cl2N2O/c22-18-7-6-16(8-19(18)23)9-20(26)24-14-21-10-17(11-21)13-25(21)12-15-4-2-1-3-5-15/h1-8,17H,9-14H2,(H,24,26). The average molecular weight is 389 g/mol. The second kappa shape index (κ2) is 7.22. The smallest absolute Gasteiger partial charge is 0.224 e. The zero-order valence-electron chi connectivity index (χ0n) is 14.6. The van der Waals surface area contributed by atoms with Gasteiger partial charge in [0.2, 0.25) is 5.91 Å². The molecular formula is C21H22Cl2N2O. The van der Waals surface area contributed by atoms with Gasteiger partial charge in [0.1, 0.15) is 0 Å². The van der Waals surface area contributed by atoms with Crippen LogP contribution in [0, 0.1) is 5.92 Å². The van der Waals surface area contributed by atoms with Crippen molar-refractivity contribution in [3.63, 3.8) is 0 Å². The van der Waals surface area contributed by atoms with Crippen LogP contribution in [-0.2, 0) is 17.8 Å². The van der Waals surface area contributed by atoms with E-state index >= 15 is 0 Å². The number of amides is 1. The molecular weight excluding hydrogens is 367 g/mol. The summed E-state index contributed by atoms with van der Waals surface area (Å²) in [5, 5.41) is 4.14. The van der Waals surface area contributed by atoms with Crippen LogP contribution in [0.1, 0.15) is 24.0 Å². The Morgan fingerprint density at radius 1 is 1.08 bits per heavy atom. The number of fused-ring (bicyclic) bond motifs is 1. The molecule has 26 heavy (non-hydrogen) atoms. The monoisotopic (exact) mass is 388 g/mol. The summed E-state index contributed by atoms with van der Waals surface area (Å²) in [7, 11) is 0. The van der Waals surface area contributed by atoms with Gasteiger partial charge in [0.15, 0.2) is 0 Å². The lowest BCUT2D eigenvalue weighted by atomic mass is 9.73. The topological polar surface area (TPSA) is 32.3 Å². The number of halogens is 2. The molecule has 0 atom stereocenters. The van der Waals surface area contributed by atoms with Crippen molar-refractivity contribution in [3.8, 4) is 0 Å². The molecule has 2 bridgehead atoms. The van der Waals surface area contributed by atoms with Crippen molar-refractivity contribution >= 4 is 29.1 Å². The van der Waals surface area contributed by atoms with Crippen LogP contribution < -0.4 is 5.32 Å². The molecule has 3 nitrogen and oxygen atoms in total. The predicted molar refractivity (Wildman–Crippen MR) is 105 cm³/mol. The van der Waals surface area contributed by atoms with Crippen LogP contribution in [0.15, 0.2) is 48.5 Å². The Bertz CT molecular complexity index is 803. The van der Waals surface area contributed by atoms with Crippen molar-refractivity contribution in [2.45, 2.75) is 31.3 Å². The Balaban J connectivity index is 1.34. The van der Waals surface area contributed by atoms with Gasteiger partial charge in [-0.05, 0) is 42.0 Å². The summed E-state index contributed by atoms with van der Waals surface area (Å²) in [5.74, 6) is 0.818. The van der Waals surface area contributed by atoms with Gasteiger partial charge < -0.3 is 5.32 Å².